The van der Waals surface area contributed by atoms with Crippen LogP contribution in [0, 0.1) is 5.92 Å². The predicted octanol–water partition coefficient (Wildman–Crippen LogP) is 0.833. The fraction of sp³-hybridized carbons (Fsp3) is 0.923. The highest BCUT2D eigenvalue weighted by atomic mass is 16.2. The lowest BCUT2D eigenvalue weighted by Gasteiger charge is -2.33. The number of hydrogen-bond acceptors (Lipinski definition) is 3. The van der Waals surface area contributed by atoms with Gasteiger partial charge in [-0.3, -0.25) is 9.69 Å². The summed E-state index contributed by atoms with van der Waals surface area (Å²) < 4.78 is 0. The third-order valence-electron chi connectivity index (χ3n) is 3.58. The van der Waals surface area contributed by atoms with Crippen LogP contribution in [0.1, 0.15) is 33.1 Å². The van der Waals surface area contributed by atoms with E-state index in [4.69, 9.17) is 0 Å². The number of carbonyl (C=O) groups is 1. The summed E-state index contributed by atoms with van der Waals surface area (Å²) in [6.45, 7) is 8.46. The SMILES string of the molecule is CCCN(CC1CCCNC1)C(C)C(=O)NC. The Bertz CT molecular complexity index is 227. The van der Waals surface area contributed by atoms with E-state index in [1.807, 2.05) is 6.92 Å². The van der Waals surface area contributed by atoms with Gasteiger partial charge in [0.15, 0.2) is 0 Å². The van der Waals surface area contributed by atoms with Crippen molar-refractivity contribution in [3.63, 3.8) is 0 Å². The molecule has 17 heavy (non-hydrogen) atoms. The first-order valence-electron chi connectivity index (χ1n) is 6.85. The number of hydrogen-bond donors (Lipinski definition) is 2. The van der Waals surface area contributed by atoms with Gasteiger partial charge in [0.25, 0.3) is 0 Å². The number of likely N-dealkylation sites (N-methyl/N-ethyl adjacent to an activating group) is 1. The molecule has 100 valence electrons. The van der Waals surface area contributed by atoms with Crippen molar-refractivity contribution >= 4 is 5.91 Å². The molecule has 0 radical (unpaired) electrons. The molecule has 0 saturated carbocycles. The maximum absolute atomic E-state index is 11.7. The highest BCUT2D eigenvalue weighted by Crippen LogP contribution is 2.14. The lowest BCUT2D eigenvalue weighted by atomic mass is 9.98. The van der Waals surface area contributed by atoms with E-state index >= 15 is 0 Å². The van der Waals surface area contributed by atoms with Crippen molar-refractivity contribution in [2.24, 2.45) is 5.92 Å². The maximum Gasteiger partial charge on any atom is 0.236 e. The molecule has 0 aromatic rings. The minimum Gasteiger partial charge on any atom is -0.358 e. The van der Waals surface area contributed by atoms with Crippen LogP contribution in [0.15, 0.2) is 0 Å². The molecule has 1 heterocycles. The zero-order chi connectivity index (χ0) is 12.7. The molecule has 2 N–H and O–H groups in total. The zero-order valence-electron chi connectivity index (χ0n) is 11.5. The van der Waals surface area contributed by atoms with Gasteiger partial charge >= 0.3 is 0 Å². The average molecular weight is 241 g/mol. The first-order chi connectivity index (χ1) is 8.19. The zero-order valence-corrected chi connectivity index (χ0v) is 11.5. The normalized spacial score (nSPS) is 22.5. The van der Waals surface area contributed by atoms with E-state index in [0.717, 1.165) is 32.6 Å². The number of carbonyl (C=O) groups excluding carboxylic acids is 1. The van der Waals surface area contributed by atoms with Gasteiger partial charge in [-0.2, -0.15) is 0 Å². The molecule has 1 saturated heterocycles. The number of rotatable bonds is 6. The first kappa shape index (κ1) is 14.5. The summed E-state index contributed by atoms with van der Waals surface area (Å²) in [6.07, 6.45) is 3.65. The summed E-state index contributed by atoms with van der Waals surface area (Å²) in [6, 6.07) is -0.0122. The van der Waals surface area contributed by atoms with Gasteiger partial charge in [0.1, 0.15) is 0 Å². The highest BCUT2D eigenvalue weighted by molar-refractivity contribution is 5.80. The molecule has 0 bridgehead atoms. The standard InChI is InChI=1S/C13H27N3O/c1-4-8-16(11(2)13(17)14-3)10-12-6-5-7-15-9-12/h11-12,15H,4-10H2,1-3H3,(H,14,17). The van der Waals surface area contributed by atoms with E-state index in [2.05, 4.69) is 22.5 Å². The van der Waals surface area contributed by atoms with E-state index in [1.54, 1.807) is 7.05 Å². The van der Waals surface area contributed by atoms with Crippen molar-refractivity contribution < 1.29 is 4.79 Å². The Labute approximate surface area is 105 Å². The van der Waals surface area contributed by atoms with Crippen LogP contribution >= 0.6 is 0 Å². The molecule has 1 aliphatic rings. The molecule has 1 rings (SSSR count). The van der Waals surface area contributed by atoms with Crippen LogP contribution in [0.3, 0.4) is 0 Å². The molecule has 0 aromatic carbocycles. The Morgan fingerprint density at radius 2 is 2.35 bits per heavy atom. The summed E-state index contributed by atoms with van der Waals surface area (Å²) in [4.78, 5) is 14.0. The van der Waals surface area contributed by atoms with Crippen molar-refractivity contribution in [1.82, 2.24) is 15.5 Å². The molecule has 1 fully saturated rings. The lowest BCUT2D eigenvalue weighted by Crippen LogP contribution is -2.48. The lowest BCUT2D eigenvalue weighted by molar-refractivity contribution is -0.125. The van der Waals surface area contributed by atoms with E-state index in [-0.39, 0.29) is 11.9 Å². The molecule has 2 unspecified atom stereocenters. The van der Waals surface area contributed by atoms with Gasteiger partial charge in [-0.25, -0.2) is 0 Å². The summed E-state index contributed by atoms with van der Waals surface area (Å²) in [5.74, 6) is 0.824. The van der Waals surface area contributed by atoms with Gasteiger partial charge in [0.05, 0.1) is 6.04 Å². The number of nitrogens with zero attached hydrogens (tertiary/aromatic N) is 1. The second-order valence-electron chi connectivity index (χ2n) is 5.00. The van der Waals surface area contributed by atoms with Crippen molar-refractivity contribution in [2.45, 2.75) is 39.2 Å². The largest absolute Gasteiger partial charge is 0.358 e. The second-order valence-corrected chi connectivity index (χ2v) is 5.00. The van der Waals surface area contributed by atoms with Crippen LogP contribution in [0.2, 0.25) is 0 Å². The molecule has 0 aromatic heterocycles. The van der Waals surface area contributed by atoms with E-state index < -0.39 is 0 Å². The van der Waals surface area contributed by atoms with Gasteiger partial charge in [-0.15, -0.1) is 0 Å². The van der Waals surface area contributed by atoms with Crippen molar-refractivity contribution in [1.29, 1.82) is 0 Å². The molecule has 2 atom stereocenters. The number of nitrogens with one attached hydrogen (secondary N) is 2. The van der Waals surface area contributed by atoms with E-state index in [1.165, 1.54) is 12.8 Å². The Morgan fingerprint density at radius 3 is 2.88 bits per heavy atom. The fourth-order valence-electron chi connectivity index (χ4n) is 2.52. The first-order valence-corrected chi connectivity index (χ1v) is 6.85. The maximum atomic E-state index is 11.7. The van der Waals surface area contributed by atoms with Crippen molar-refractivity contribution in [3.05, 3.63) is 0 Å². The molecule has 0 spiro atoms. The topological polar surface area (TPSA) is 44.4 Å². The molecule has 4 heteroatoms. The minimum absolute atomic E-state index is 0.0122. The molecular weight excluding hydrogens is 214 g/mol. The van der Waals surface area contributed by atoms with Gasteiger partial charge < -0.3 is 10.6 Å². The van der Waals surface area contributed by atoms with Crippen LogP contribution in [-0.2, 0) is 4.79 Å². The molecule has 1 aliphatic heterocycles. The fourth-order valence-corrected chi connectivity index (χ4v) is 2.52. The number of piperidine rings is 1. The van der Waals surface area contributed by atoms with Crippen LogP contribution in [0.25, 0.3) is 0 Å². The molecule has 1 amide bonds. The Hall–Kier alpha value is -0.610. The van der Waals surface area contributed by atoms with E-state index in [0.29, 0.717) is 5.92 Å². The summed E-state index contributed by atoms with van der Waals surface area (Å²) in [5.41, 5.74) is 0. The van der Waals surface area contributed by atoms with Crippen LogP contribution in [-0.4, -0.2) is 50.1 Å². The summed E-state index contributed by atoms with van der Waals surface area (Å²) in [5, 5.41) is 6.18. The molecular formula is C13H27N3O. The third-order valence-corrected chi connectivity index (χ3v) is 3.58. The Morgan fingerprint density at radius 1 is 1.59 bits per heavy atom. The van der Waals surface area contributed by atoms with Crippen LogP contribution in [0.4, 0.5) is 0 Å². The second kappa shape index (κ2) is 7.67. The monoisotopic (exact) mass is 241 g/mol. The van der Waals surface area contributed by atoms with Crippen molar-refractivity contribution in [2.75, 3.05) is 33.2 Å². The van der Waals surface area contributed by atoms with E-state index in [9.17, 15) is 4.79 Å². The summed E-state index contributed by atoms with van der Waals surface area (Å²) >= 11 is 0. The van der Waals surface area contributed by atoms with Crippen molar-refractivity contribution in [3.8, 4) is 0 Å². The molecule has 4 nitrogen and oxygen atoms in total. The predicted molar refractivity (Wildman–Crippen MR) is 71.0 cm³/mol. The van der Waals surface area contributed by atoms with Gasteiger partial charge in [0.2, 0.25) is 5.91 Å². The Balaban J connectivity index is 2.48. The third kappa shape index (κ3) is 4.64. The van der Waals surface area contributed by atoms with Gasteiger partial charge in [-0.05, 0) is 51.7 Å². The van der Waals surface area contributed by atoms with Crippen LogP contribution in [0.5, 0.6) is 0 Å². The number of amides is 1. The molecule has 0 aliphatic carbocycles. The van der Waals surface area contributed by atoms with Gasteiger partial charge in [0, 0.05) is 13.6 Å². The Kier molecular flexibility index (Phi) is 6.52. The van der Waals surface area contributed by atoms with Gasteiger partial charge in [-0.1, -0.05) is 6.92 Å². The smallest absolute Gasteiger partial charge is 0.236 e. The quantitative estimate of drug-likeness (QED) is 0.724. The highest BCUT2D eigenvalue weighted by Gasteiger charge is 2.23. The summed E-state index contributed by atoms with van der Waals surface area (Å²) in [7, 11) is 1.71. The minimum atomic E-state index is -0.0122. The van der Waals surface area contributed by atoms with Crippen LogP contribution < -0.4 is 10.6 Å². The average Bonchev–Trinajstić information content (AvgIpc) is 2.37.